The van der Waals surface area contributed by atoms with E-state index in [9.17, 15) is 14.0 Å². The van der Waals surface area contributed by atoms with E-state index in [4.69, 9.17) is 4.42 Å². The van der Waals surface area contributed by atoms with Crippen LogP contribution >= 0.6 is 0 Å². The molecule has 174 valence electrons. The number of aromatic nitrogens is 3. The van der Waals surface area contributed by atoms with Crippen molar-refractivity contribution in [2.45, 2.75) is 38.8 Å². The molecule has 0 radical (unpaired) electrons. The highest BCUT2D eigenvalue weighted by Gasteiger charge is 2.34. The highest BCUT2D eigenvalue weighted by Crippen LogP contribution is 2.28. The van der Waals surface area contributed by atoms with E-state index in [1.807, 2.05) is 11.0 Å². The highest BCUT2D eigenvalue weighted by molar-refractivity contribution is 5.95. The quantitative estimate of drug-likeness (QED) is 0.549. The van der Waals surface area contributed by atoms with E-state index in [0.717, 1.165) is 12.8 Å². The summed E-state index contributed by atoms with van der Waals surface area (Å²) in [4.78, 5) is 33.3. The number of aryl methyl sites for hydroxylation is 1. The molecular weight excluding hydrogens is 425 g/mol. The first-order valence-corrected chi connectivity index (χ1v) is 11.1. The molecule has 0 bridgehead atoms. The number of halogens is 1. The van der Waals surface area contributed by atoms with Gasteiger partial charge in [-0.3, -0.25) is 9.59 Å². The number of carbonyl (C=O) groups is 2. The average Bonchev–Trinajstić information content (AvgIpc) is 3.49. The molecule has 4 rings (SSSR count). The number of carbonyl (C=O) groups excluding carboxylic acids is 2. The summed E-state index contributed by atoms with van der Waals surface area (Å²) in [5.74, 6) is 0.254. The highest BCUT2D eigenvalue weighted by atomic mass is 19.1. The molecule has 1 unspecified atom stereocenters. The summed E-state index contributed by atoms with van der Waals surface area (Å²) in [6.07, 6.45) is 6.29. The van der Waals surface area contributed by atoms with Gasteiger partial charge in [0.15, 0.2) is 0 Å². The molecule has 8 nitrogen and oxygen atoms in total. The zero-order valence-electron chi connectivity index (χ0n) is 18.9. The number of likely N-dealkylation sites (tertiary alicyclic amines) is 1. The van der Waals surface area contributed by atoms with Crippen LogP contribution in [0.15, 0.2) is 53.7 Å². The first-order chi connectivity index (χ1) is 15.9. The van der Waals surface area contributed by atoms with Crippen molar-refractivity contribution in [3.63, 3.8) is 0 Å². The van der Waals surface area contributed by atoms with Gasteiger partial charge in [0.1, 0.15) is 30.8 Å². The Morgan fingerprint density at radius 1 is 1.24 bits per heavy atom. The third-order valence-electron chi connectivity index (χ3n) is 6.49. The van der Waals surface area contributed by atoms with E-state index in [1.54, 1.807) is 37.1 Å². The smallest absolute Gasteiger partial charge is 0.257 e. The Balaban J connectivity index is 1.48. The second-order valence-electron chi connectivity index (χ2n) is 8.48. The molecule has 1 aliphatic heterocycles. The molecule has 1 aromatic carbocycles. The van der Waals surface area contributed by atoms with Crippen molar-refractivity contribution < 1.29 is 18.4 Å². The Morgan fingerprint density at radius 2 is 2.00 bits per heavy atom. The summed E-state index contributed by atoms with van der Waals surface area (Å²) in [5.41, 5.74) is 1.09. The van der Waals surface area contributed by atoms with Crippen molar-refractivity contribution in [2.24, 2.45) is 5.92 Å². The van der Waals surface area contributed by atoms with Crippen LogP contribution in [0, 0.1) is 18.7 Å². The van der Waals surface area contributed by atoms with Crippen LogP contribution in [-0.4, -0.2) is 62.6 Å². The maximum atomic E-state index is 14.5. The van der Waals surface area contributed by atoms with Gasteiger partial charge in [0.05, 0.1) is 11.8 Å². The van der Waals surface area contributed by atoms with Gasteiger partial charge in [-0.05, 0) is 49.8 Å². The second-order valence-corrected chi connectivity index (χ2v) is 8.48. The molecule has 0 N–H and O–H groups in total. The maximum absolute atomic E-state index is 14.5. The van der Waals surface area contributed by atoms with Crippen LogP contribution in [0.1, 0.15) is 34.5 Å². The summed E-state index contributed by atoms with van der Waals surface area (Å²) in [6.45, 7) is 3.07. The number of furan rings is 1. The third kappa shape index (κ3) is 5.13. The van der Waals surface area contributed by atoms with E-state index in [1.165, 1.54) is 29.7 Å². The van der Waals surface area contributed by atoms with E-state index in [0.29, 0.717) is 36.4 Å². The minimum Gasteiger partial charge on any atom is -0.469 e. The molecule has 33 heavy (non-hydrogen) atoms. The number of nitrogens with zero attached hydrogens (tertiary/aromatic N) is 5. The van der Waals surface area contributed by atoms with Crippen molar-refractivity contribution in [1.82, 2.24) is 24.6 Å². The Hall–Kier alpha value is -3.49. The van der Waals surface area contributed by atoms with Crippen molar-refractivity contribution in [2.75, 3.05) is 20.1 Å². The van der Waals surface area contributed by atoms with Crippen LogP contribution in [0.2, 0.25) is 0 Å². The van der Waals surface area contributed by atoms with Crippen LogP contribution < -0.4 is 0 Å². The molecule has 9 heteroatoms. The van der Waals surface area contributed by atoms with E-state index in [2.05, 4.69) is 10.1 Å². The van der Waals surface area contributed by atoms with Gasteiger partial charge < -0.3 is 14.2 Å². The van der Waals surface area contributed by atoms with E-state index in [-0.39, 0.29) is 36.1 Å². The molecule has 0 spiro atoms. The van der Waals surface area contributed by atoms with Gasteiger partial charge in [0.2, 0.25) is 5.91 Å². The molecule has 1 saturated heterocycles. The number of hydrogen-bond acceptors (Lipinski definition) is 5. The second kappa shape index (κ2) is 9.97. The molecule has 1 atom stereocenters. The Morgan fingerprint density at radius 3 is 2.64 bits per heavy atom. The first-order valence-electron chi connectivity index (χ1n) is 11.1. The third-order valence-corrected chi connectivity index (χ3v) is 6.49. The van der Waals surface area contributed by atoms with E-state index >= 15 is 0 Å². The Kier molecular flexibility index (Phi) is 6.86. The summed E-state index contributed by atoms with van der Waals surface area (Å²) in [5, 5.41) is 3.99. The number of rotatable bonds is 7. The molecule has 1 aliphatic rings. The zero-order chi connectivity index (χ0) is 23.4. The van der Waals surface area contributed by atoms with Gasteiger partial charge in [-0.1, -0.05) is 18.2 Å². The first kappa shape index (κ1) is 22.7. The molecule has 2 aromatic heterocycles. The molecule has 3 aromatic rings. The monoisotopic (exact) mass is 453 g/mol. The van der Waals surface area contributed by atoms with Crippen LogP contribution in [0.4, 0.5) is 4.39 Å². The molecule has 0 saturated carbocycles. The summed E-state index contributed by atoms with van der Waals surface area (Å²) < 4.78 is 21.3. The summed E-state index contributed by atoms with van der Waals surface area (Å²) >= 11 is 0. The normalized spacial score (nSPS) is 15.4. The van der Waals surface area contributed by atoms with Crippen LogP contribution in [-0.2, 0) is 17.8 Å². The summed E-state index contributed by atoms with van der Waals surface area (Å²) in [6, 6.07) is 8.14. The fraction of sp³-hybridized carbons (Fsp3) is 0.417. The lowest BCUT2D eigenvalue weighted by atomic mass is 9.84. The van der Waals surface area contributed by atoms with Gasteiger partial charge in [0.25, 0.3) is 5.91 Å². The van der Waals surface area contributed by atoms with Gasteiger partial charge >= 0.3 is 0 Å². The molecule has 2 amide bonds. The number of likely N-dealkylation sites (N-methyl/N-ethyl adjacent to an activating group) is 1. The number of benzene rings is 1. The van der Waals surface area contributed by atoms with Crippen molar-refractivity contribution in [1.29, 1.82) is 0 Å². The Bertz CT molecular complexity index is 1090. The lowest BCUT2D eigenvalue weighted by molar-refractivity contribution is -0.133. The lowest BCUT2D eigenvalue weighted by Gasteiger charge is -2.40. The SMILES string of the molecule is Cc1occc1C(=O)N(C)C(Cc1ccccc1F)C1CCN(C(=O)Cn2cncn2)CC1. The molecule has 0 aliphatic carbocycles. The predicted octanol–water partition coefficient (Wildman–Crippen LogP) is 2.94. The van der Waals surface area contributed by atoms with Crippen molar-refractivity contribution >= 4 is 11.8 Å². The van der Waals surface area contributed by atoms with Gasteiger partial charge in [-0.2, -0.15) is 5.10 Å². The van der Waals surface area contributed by atoms with Gasteiger partial charge in [-0.15, -0.1) is 0 Å². The van der Waals surface area contributed by atoms with Crippen molar-refractivity contribution in [3.05, 3.63) is 72.0 Å². The fourth-order valence-corrected chi connectivity index (χ4v) is 4.54. The van der Waals surface area contributed by atoms with Crippen LogP contribution in [0.25, 0.3) is 0 Å². The topological polar surface area (TPSA) is 84.5 Å². The average molecular weight is 454 g/mol. The molecule has 1 fully saturated rings. The standard InChI is InChI=1S/C24H28FN5O3/c1-17-20(9-12-33-17)24(32)28(2)22(13-19-5-3-4-6-21(19)25)18-7-10-29(11-8-18)23(31)14-30-16-26-15-27-30/h3-6,9,12,15-16,18,22H,7-8,10-11,13-14H2,1-2H3. The molecule has 3 heterocycles. The number of piperidine rings is 1. The van der Waals surface area contributed by atoms with Gasteiger partial charge in [-0.25, -0.2) is 14.1 Å². The lowest BCUT2D eigenvalue weighted by Crippen LogP contribution is -2.49. The Labute approximate surface area is 192 Å². The van der Waals surface area contributed by atoms with E-state index < -0.39 is 0 Å². The largest absolute Gasteiger partial charge is 0.469 e. The van der Waals surface area contributed by atoms with Crippen LogP contribution in [0.3, 0.4) is 0 Å². The fourth-order valence-electron chi connectivity index (χ4n) is 4.54. The zero-order valence-corrected chi connectivity index (χ0v) is 18.9. The van der Waals surface area contributed by atoms with Crippen molar-refractivity contribution in [3.8, 4) is 0 Å². The van der Waals surface area contributed by atoms with Crippen LogP contribution in [0.5, 0.6) is 0 Å². The predicted molar refractivity (Wildman–Crippen MR) is 119 cm³/mol. The van der Waals surface area contributed by atoms with Gasteiger partial charge in [0, 0.05) is 26.2 Å². The minimum atomic E-state index is -0.275. The maximum Gasteiger partial charge on any atom is 0.257 e. The number of hydrogen-bond donors (Lipinski definition) is 0. The minimum absolute atomic E-state index is 0.0111. The summed E-state index contributed by atoms with van der Waals surface area (Å²) in [7, 11) is 1.77. The number of amides is 2. The molecular formula is C24H28FN5O3.